The van der Waals surface area contributed by atoms with Crippen LogP contribution in [0.25, 0.3) is 0 Å². The summed E-state index contributed by atoms with van der Waals surface area (Å²) in [6.07, 6.45) is -2.86. The third-order valence-electron chi connectivity index (χ3n) is 5.92. The molecule has 29 heavy (non-hydrogen) atoms. The second-order valence-corrected chi connectivity index (χ2v) is 7.47. The van der Waals surface area contributed by atoms with Crippen LogP contribution in [0.2, 0.25) is 0 Å². The molecule has 1 aromatic carbocycles. The molecule has 0 aliphatic carbocycles. The molecule has 3 rings (SSSR count). The molecule has 6 nitrogen and oxygen atoms in total. The van der Waals surface area contributed by atoms with Crippen LogP contribution in [-0.4, -0.2) is 60.8 Å². The first kappa shape index (κ1) is 21.3. The number of anilines is 1. The number of amides is 3. The molecule has 2 fully saturated rings. The second-order valence-electron chi connectivity index (χ2n) is 7.47. The van der Waals surface area contributed by atoms with E-state index >= 15 is 0 Å². The molecule has 1 spiro atoms. The van der Waals surface area contributed by atoms with E-state index in [1.165, 1.54) is 24.3 Å². The van der Waals surface area contributed by atoms with Crippen LogP contribution < -0.4 is 9.64 Å². The van der Waals surface area contributed by atoms with Crippen molar-refractivity contribution in [2.45, 2.75) is 39.5 Å². The third-order valence-corrected chi connectivity index (χ3v) is 5.92. The van der Waals surface area contributed by atoms with Crippen LogP contribution in [0.4, 0.5) is 23.7 Å². The minimum absolute atomic E-state index is 0.00686. The summed E-state index contributed by atoms with van der Waals surface area (Å²) in [6, 6.07) is 5.37. The van der Waals surface area contributed by atoms with Gasteiger partial charge in [0.25, 0.3) is 0 Å². The predicted molar refractivity (Wildman–Crippen MR) is 102 cm³/mol. The van der Waals surface area contributed by atoms with Crippen LogP contribution in [-0.2, 0) is 4.79 Å². The fourth-order valence-corrected chi connectivity index (χ4v) is 4.18. The zero-order chi connectivity index (χ0) is 21.2. The highest BCUT2D eigenvalue weighted by atomic mass is 19.4. The summed E-state index contributed by atoms with van der Waals surface area (Å²) in [5.74, 6) is -0.331. The number of urea groups is 1. The van der Waals surface area contributed by atoms with E-state index in [0.29, 0.717) is 57.7 Å². The van der Waals surface area contributed by atoms with E-state index in [4.69, 9.17) is 0 Å². The van der Waals surface area contributed by atoms with Crippen molar-refractivity contribution in [1.29, 1.82) is 0 Å². The summed E-state index contributed by atoms with van der Waals surface area (Å²) in [5.41, 5.74) is 0.0595. The number of hydrogen-bond donors (Lipinski definition) is 0. The first-order chi connectivity index (χ1) is 13.7. The van der Waals surface area contributed by atoms with Crippen molar-refractivity contribution < 1.29 is 27.5 Å². The van der Waals surface area contributed by atoms with Gasteiger partial charge in [-0.2, -0.15) is 0 Å². The zero-order valence-electron chi connectivity index (χ0n) is 16.7. The average molecular weight is 413 g/mol. The van der Waals surface area contributed by atoms with Crippen LogP contribution in [0.15, 0.2) is 24.3 Å². The maximum Gasteiger partial charge on any atom is 0.573 e. The highest BCUT2D eigenvalue weighted by Crippen LogP contribution is 2.43. The summed E-state index contributed by atoms with van der Waals surface area (Å²) < 4.78 is 40.8. The maximum atomic E-state index is 13.1. The topological polar surface area (TPSA) is 53.1 Å². The Kier molecular flexibility index (Phi) is 5.95. The van der Waals surface area contributed by atoms with E-state index < -0.39 is 11.8 Å². The molecule has 0 atom stereocenters. The molecular weight excluding hydrogens is 387 g/mol. The fourth-order valence-electron chi connectivity index (χ4n) is 4.18. The van der Waals surface area contributed by atoms with Crippen molar-refractivity contribution in [3.63, 3.8) is 0 Å². The molecule has 9 heteroatoms. The van der Waals surface area contributed by atoms with Gasteiger partial charge in [0.1, 0.15) is 5.75 Å². The van der Waals surface area contributed by atoms with Crippen molar-refractivity contribution in [3.05, 3.63) is 24.3 Å². The molecular formula is C20H26F3N3O3. The number of carbonyl (C=O) groups excluding carboxylic acids is 2. The van der Waals surface area contributed by atoms with Gasteiger partial charge in [0.2, 0.25) is 5.91 Å². The van der Waals surface area contributed by atoms with Gasteiger partial charge in [-0.05, 0) is 57.4 Å². The van der Waals surface area contributed by atoms with E-state index in [2.05, 4.69) is 4.74 Å². The predicted octanol–water partition coefficient (Wildman–Crippen LogP) is 3.87. The average Bonchev–Trinajstić information content (AvgIpc) is 2.99. The molecule has 160 valence electrons. The van der Waals surface area contributed by atoms with Gasteiger partial charge in [-0.1, -0.05) is 0 Å². The molecule has 3 amide bonds. The quantitative estimate of drug-likeness (QED) is 0.753. The van der Waals surface area contributed by atoms with Crippen molar-refractivity contribution in [2.24, 2.45) is 5.41 Å². The Balaban J connectivity index is 1.64. The molecule has 0 saturated carbocycles. The normalized spacial score (nSPS) is 19.0. The number of rotatable bonds is 4. The van der Waals surface area contributed by atoms with E-state index in [9.17, 15) is 22.8 Å². The Morgan fingerprint density at radius 1 is 1.07 bits per heavy atom. The molecule has 0 N–H and O–H groups in total. The van der Waals surface area contributed by atoms with Gasteiger partial charge in [-0.15, -0.1) is 13.2 Å². The SMILES string of the molecule is CCN(CC)C(=O)N1CCC2(CC1)CCN(c1ccc(OC(F)(F)F)cc1)C2=O. The number of benzene rings is 1. The number of hydrogen-bond acceptors (Lipinski definition) is 3. The Hall–Kier alpha value is -2.45. The van der Waals surface area contributed by atoms with Gasteiger partial charge >= 0.3 is 12.4 Å². The summed E-state index contributed by atoms with van der Waals surface area (Å²) in [6.45, 7) is 6.77. The van der Waals surface area contributed by atoms with Gasteiger partial charge in [0, 0.05) is 38.4 Å². The van der Waals surface area contributed by atoms with Gasteiger partial charge in [-0.25, -0.2) is 4.79 Å². The molecule has 2 aliphatic rings. The van der Waals surface area contributed by atoms with Gasteiger partial charge in [0.05, 0.1) is 5.41 Å². The standard InChI is InChI=1S/C20H26F3N3O3/c1-3-24(4-2)18(28)25-12-9-19(10-13-25)11-14-26(17(19)27)15-5-7-16(8-6-15)29-20(21,22)23/h5-8H,3-4,9-14H2,1-2H3. The minimum Gasteiger partial charge on any atom is -0.406 e. The summed E-state index contributed by atoms with van der Waals surface area (Å²) in [5, 5.41) is 0. The summed E-state index contributed by atoms with van der Waals surface area (Å²) >= 11 is 0. The third kappa shape index (κ3) is 4.43. The van der Waals surface area contributed by atoms with Crippen LogP contribution in [0.3, 0.4) is 0 Å². The number of ether oxygens (including phenoxy) is 1. The van der Waals surface area contributed by atoms with Crippen LogP contribution in [0, 0.1) is 5.41 Å². The molecule has 0 radical (unpaired) electrons. The van der Waals surface area contributed by atoms with Crippen molar-refractivity contribution >= 4 is 17.6 Å². The van der Waals surface area contributed by atoms with Gasteiger partial charge in [-0.3, -0.25) is 4.79 Å². The maximum absolute atomic E-state index is 13.1. The molecule has 2 aliphatic heterocycles. The lowest BCUT2D eigenvalue weighted by atomic mass is 9.77. The van der Waals surface area contributed by atoms with Crippen molar-refractivity contribution in [3.8, 4) is 5.75 Å². The lowest BCUT2D eigenvalue weighted by molar-refractivity contribution is -0.274. The largest absolute Gasteiger partial charge is 0.573 e. The molecule has 0 aromatic heterocycles. The van der Waals surface area contributed by atoms with Crippen molar-refractivity contribution in [2.75, 3.05) is 37.6 Å². The highest BCUT2D eigenvalue weighted by Gasteiger charge is 2.49. The van der Waals surface area contributed by atoms with E-state index in [1.54, 1.807) is 14.7 Å². The lowest BCUT2D eigenvalue weighted by Crippen LogP contribution is -2.50. The molecule has 2 saturated heterocycles. The minimum atomic E-state index is -4.74. The fraction of sp³-hybridized carbons (Fsp3) is 0.600. The smallest absolute Gasteiger partial charge is 0.406 e. The van der Waals surface area contributed by atoms with Crippen LogP contribution in [0.5, 0.6) is 5.75 Å². The van der Waals surface area contributed by atoms with Crippen LogP contribution in [0.1, 0.15) is 33.1 Å². The number of carbonyl (C=O) groups is 2. The number of likely N-dealkylation sites (tertiary alicyclic amines) is 1. The lowest BCUT2D eigenvalue weighted by Gasteiger charge is -2.39. The first-order valence-electron chi connectivity index (χ1n) is 9.91. The van der Waals surface area contributed by atoms with Crippen molar-refractivity contribution in [1.82, 2.24) is 9.80 Å². The van der Waals surface area contributed by atoms with E-state index in [1.807, 2.05) is 13.8 Å². The Bertz CT molecular complexity index is 740. The zero-order valence-corrected chi connectivity index (χ0v) is 16.7. The van der Waals surface area contributed by atoms with Crippen LogP contribution >= 0.6 is 0 Å². The van der Waals surface area contributed by atoms with E-state index in [-0.39, 0.29) is 17.7 Å². The Morgan fingerprint density at radius 2 is 1.62 bits per heavy atom. The molecule has 1 aromatic rings. The number of halogens is 3. The van der Waals surface area contributed by atoms with Gasteiger partial charge < -0.3 is 19.4 Å². The monoisotopic (exact) mass is 413 g/mol. The number of alkyl halides is 3. The summed E-state index contributed by atoms with van der Waals surface area (Å²) in [4.78, 5) is 30.8. The van der Waals surface area contributed by atoms with E-state index in [0.717, 1.165) is 0 Å². The molecule has 0 unspecified atom stereocenters. The van der Waals surface area contributed by atoms with Gasteiger partial charge in [0.15, 0.2) is 0 Å². The molecule has 0 bridgehead atoms. The highest BCUT2D eigenvalue weighted by molar-refractivity contribution is 6.00. The summed E-state index contributed by atoms with van der Waals surface area (Å²) in [7, 11) is 0. The first-order valence-corrected chi connectivity index (χ1v) is 9.91. The Morgan fingerprint density at radius 3 is 2.14 bits per heavy atom. The Labute approximate surface area is 168 Å². The molecule has 2 heterocycles. The number of nitrogens with zero attached hydrogens (tertiary/aromatic N) is 3. The second kappa shape index (κ2) is 8.12. The number of piperidine rings is 1.